The average molecular weight is 168 g/mol. The lowest BCUT2D eigenvalue weighted by molar-refractivity contribution is 0.223. The normalized spacial score (nSPS) is 23.3. The molecular weight excluding hydrogens is 148 g/mol. The lowest BCUT2D eigenvalue weighted by Crippen LogP contribution is -1.93. The third-order valence-corrected chi connectivity index (χ3v) is 2.47. The molecule has 70 valence electrons. The average Bonchev–Trinajstić information content (AvgIpc) is 2.35. The van der Waals surface area contributed by atoms with Crippen LogP contribution in [0, 0.1) is 5.92 Å². The first-order valence-corrected chi connectivity index (χ1v) is 5.06. The maximum absolute atomic E-state index is 9.23. The molecule has 0 heterocycles. The molecule has 1 aliphatic carbocycles. The molecule has 1 heteroatoms. The predicted octanol–water partition coefficient (Wildman–Crippen LogP) is 2.89. The number of allylic oxidation sites excluding steroid dienone is 1. The Hall–Kier alpha value is -0.300. The van der Waals surface area contributed by atoms with Gasteiger partial charge in [-0.05, 0) is 31.6 Å². The second kappa shape index (κ2) is 4.66. The zero-order valence-electron chi connectivity index (χ0n) is 8.21. The van der Waals surface area contributed by atoms with Crippen molar-refractivity contribution in [2.75, 3.05) is 0 Å². The van der Waals surface area contributed by atoms with Crippen LogP contribution in [-0.4, -0.2) is 11.2 Å². The minimum atomic E-state index is -0.140. The smallest absolute Gasteiger partial charge is 0.0726 e. The first-order chi connectivity index (χ1) is 5.68. The topological polar surface area (TPSA) is 20.2 Å². The van der Waals surface area contributed by atoms with Gasteiger partial charge < -0.3 is 5.11 Å². The molecule has 0 bridgehead atoms. The van der Waals surface area contributed by atoms with E-state index in [1.54, 1.807) is 0 Å². The van der Waals surface area contributed by atoms with Crippen molar-refractivity contribution in [2.45, 2.75) is 52.1 Å². The molecule has 0 spiro atoms. The van der Waals surface area contributed by atoms with E-state index in [0.717, 1.165) is 18.8 Å². The summed E-state index contributed by atoms with van der Waals surface area (Å²) in [7, 11) is 0. The summed E-state index contributed by atoms with van der Waals surface area (Å²) in [6.45, 7) is 4.52. The highest BCUT2D eigenvalue weighted by molar-refractivity contribution is 5.11. The van der Waals surface area contributed by atoms with Crippen molar-refractivity contribution in [1.82, 2.24) is 0 Å². The van der Waals surface area contributed by atoms with Gasteiger partial charge >= 0.3 is 0 Å². The third-order valence-electron chi connectivity index (χ3n) is 2.47. The quantitative estimate of drug-likeness (QED) is 0.640. The van der Waals surface area contributed by atoms with Gasteiger partial charge in [-0.15, -0.1) is 0 Å². The van der Waals surface area contributed by atoms with Crippen LogP contribution in [0.2, 0.25) is 0 Å². The summed E-state index contributed by atoms with van der Waals surface area (Å²) >= 11 is 0. The summed E-state index contributed by atoms with van der Waals surface area (Å²) in [5.41, 5.74) is 1.48. The molecule has 1 nitrogen and oxygen atoms in total. The maximum Gasteiger partial charge on any atom is 0.0726 e. The molecule has 0 saturated carbocycles. The fourth-order valence-electron chi connectivity index (χ4n) is 1.72. The van der Waals surface area contributed by atoms with E-state index < -0.39 is 0 Å². The molecule has 0 amide bonds. The van der Waals surface area contributed by atoms with Gasteiger partial charge in [-0.2, -0.15) is 0 Å². The molecule has 0 aromatic heterocycles. The van der Waals surface area contributed by atoms with Crippen molar-refractivity contribution >= 4 is 0 Å². The van der Waals surface area contributed by atoms with Gasteiger partial charge in [-0.3, -0.25) is 0 Å². The van der Waals surface area contributed by atoms with Gasteiger partial charge in [0.05, 0.1) is 6.10 Å². The molecule has 1 aliphatic rings. The summed E-state index contributed by atoms with van der Waals surface area (Å²) in [6, 6.07) is 0. The predicted molar refractivity (Wildman–Crippen MR) is 52.0 cm³/mol. The number of aliphatic hydroxyl groups excluding tert-OH is 1. The van der Waals surface area contributed by atoms with E-state index in [2.05, 4.69) is 13.8 Å². The maximum atomic E-state index is 9.23. The van der Waals surface area contributed by atoms with E-state index in [9.17, 15) is 5.11 Å². The lowest BCUT2D eigenvalue weighted by Gasteiger charge is -2.04. The molecule has 0 saturated heterocycles. The van der Waals surface area contributed by atoms with Crippen LogP contribution in [-0.2, 0) is 0 Å². The van der Waals surface area contributed by atoms with E-state index in [1.165, 1.54) is 24.8 Å². The van der Waals surface area contributed by atoms with E-state index in [1.807, 2.05) is 6.08 Å². The van der Waals surface area contributed by atoms with Crippen molar-refractivity contribution in [3.63, 3.8) is 0 Å². The Balaban J connectivity index is 2.11. The third kappa shape index (κ3) is 3.40. The summed E-state index contributed by atoms with van der Waals surface area (Å²) in [5.74, 6) is 0.817. The van der Waals surface area contributed by atoms with Crippen LogP contribution in [0.5, 0.6) is 0 Å². The Morgan fingerprint density at radius 2 is 2.33 bits per heavy atom. The molecule has 1 unspecified atom stereocenters. The Labute approximate surface area is 75.5 Å². The first-order valence-electron chi connectivity index (χ1n) is 5.06. The zero-order chi connectivity index (χ0) is 8.97. The lowest BCUT2D eigenvalue weighted by atomic mass is 10.0. The monoisotopic (exact) mass is 168 g/mol. The second-order valence-electron chi connectivity index (χ2n) is 4.22. The van der Waals surface area contributed by atoms with E-state index >= 15 is 0 Å². The minimum absolute atomic E-state index is 0.140. The summed E-state index contributed by atoms with van der Waals surface area (Å²) in [5, 5.41) is 9.23. The number of hydrogen-bond acceptors (Lipinski definition) is 1. The van der Waals surface area contributed by atoms with Crippen molar-refractivity contribution < 1.29 is 5.11 Å². The molecular formula is C11H20O. The Morgan fingerprint density at radius 1 is 1.58 bits per heavy atom. The van der Waals surface area contributed by atoms with Gasteiger partial charge in [0, 0.05) is 0 Å². The van der Waals surface area contributed by atoms with Gasteiger partial charge in [0.15, 0.2) is 0 Å². The molecule has 0 aromatic carbocycles. The molecule has 0 aromatic rings. The van der Waals surface area contributed by atoms with Gasteiger partial charge in [-0.25, -0.2) is 0 Å². The molecule has 12 heavy (non-hydrogen) atoms. The van der Waals surface area contributed by atoms with Crippen molar-refractivity contribution in [3.05, 3.63) is 11.6 Å². The molecule has 1 rings (SSSR count). The Bertz CT molecular complexity index is 158. The number of aliphatic hydroxyl groups is 1. The van der Waals surface area contributed by atoms with Crippen LogP contribution in [0.1, 0.15) is 46.0 Å². The Morgan fingerprint density at radius 3 is 2.83 bits per heavy atom. The fraction of sp³-hybridized carbons (Fsp3) is 0.818. The van der Waals surface area contributed by atoms with Crippen LogP contribution in [0.25, 0.3) is 0 Å². The molecule has 1 N–H and O–H groups in total. The van der Waals surface area contributed by atoms with E-state index in [4.69, 9.17) is 0 Å². The van der Waals surface area contributed by atoms with Crippen LogP contribution in [0.15, 0.2) is 11.6 Å². The first kappa shape index (κ1) is 9.79. The van der Waals surface area contributed by atoms with E-state index in [-0.39, 0.29) is 6.10 Å². The van der Waals surface area contributed by atoms with E-state index in [0.29, 0.717) is 0 Å². The highest BCUT2D eigenvalue weighted by Gasteiger charge is 2.11. The highest BCUT2D eigenvalue weighted by atomic mass is 16.3. The van der Waals surface area contributed by atoms with Crippen molar-refractivity contribution in [1.29, 1.82) is 0 Å². The second-order valence-corrected chi connectivity index (χ2v) is 4.22. The van der Waals surface area contributed by atoms with Gasteiger partial charge in [0.1, 0.15) is 0 Å². The fourth-order valence-corrected chi connectivity index (χ4v) is 1.72. The Kier molecular flexibility index (Phi) is 3.80. The molecule has 0 radical (unpaired) electrons. The van der Waals surface area contributed by atoms with Gasteiger partial charge in [0.2, 0.25) is 0 Å². The van der Waals surface area contributed by atoms with Crippen LogP contribution in [0.4, 0.5) is 0 Å². The van der Waals surface area contributed by atoms with Crippen LogP contribution >= 0.6 is 0 Å². The molecule has 0 aliphatic heterocycles. The standard InChI is InChI=1S/C11H20O/c1-9(2)4-3-5-10-6-7-11(12)8-10/h8-9,11-12H,3-7H2,1-2H3. The van der Waals surface area contributed by atoms with Gasteiger partial charge in [0.25, 0.3) is 0 Å². The molecule has 0 fully saturated rings. The minimum Gasteiger partial charge on any atom is -0.389 e. The SMILES string of the molecule is CC(C)CCCC1=CC(O)CC1. The molecule has 1 atom stereocenters. The van der Waals surface area contributed by atoms with Crippen molar-refractivity contribution in [3.8, 4) is 0 Å². The summed E-state index contributed by atoms with van der Waals surface area (Å²) in [4.78, 5) is 0. The van der Waals surface area contributed by atoms with Crippen molar-refractivity contribution in [2.24, 2.45) is 5.92 Å². The number of hydrogen-bond donors (Lipinski definition) is 1. The number of rotatable bonds is 4. The summed E-state index contributed by atoms with van der Waals surface area (Å²) < 4.78 is 0. The van der Waals surface area contributed by atoms with Gasteiger partial charge in [-0.1, -0.05) is 31.9 Å². The van der Waals surface area contributed by atoms with Crippen LogP contribution in [0.3, 0.4) is 0 Å². The zero-order valence-corrected chi connectivity index (χ0v) is 8.21. The highest BCUT2D eigenvalue weighted by Crippen LogP contribution is 2.23. The largest absolute Gasteiger partial charge is 0.389 e. The summed E-state index contributed by atoms with van der Waals surface area (Å²) in [6.07, 6.45) is 7.79. The van der Waals surface area contributed by atoms with Crippen LogP contribution < -0.4 is 0 Å².